The molecule has 0 saturated carbocycles. The van der Waals surface area contributed by atoms with Crippen molar-refractivity contribution in [2.24, 2.45) is 0 Å². The number of rotatable bonds is 5. The van der Waals surface area contributed by atoms with Crippen molar-refractivity contribution in [3.63, 3.8) is 0 Å². The highest BCUT2D eigenvalue weighted by atomic mass is 32.1. The van der Waals surface area contributed by atoms with Gasteiger partial charge < -0.3 is 9.15 Å². The first-order valence-electron chi connectivity index (χ1n) is 5.42. The lowest BCUT2D eigenvalue weighted by Gasteiger charge is -1.98. The Balaban J connectivity index is 1.93. The number of hydrogen-bond acceptors (Lipinski definition) is 5. The van der Waals surface area contributed by atoms with Gasteiger partial charge in [0.15, 0.2) is 0 Å². The number of aromatic nitrogens is 1. The highest BCUT2D eigenvalue weighted by Crippen LogP contribution is 2.24. The SMILES string of the molecule is CCOC(=O)CCc1csc(-c2ccoc2)n1. The molecule has 4 nitrogen and oxygen atoms in total. The predicted molar refractivity (Wildman–Crippen MR) is 64.8 cm³/mol. The summed E-state index contributed by atoms with van der Waals surface area (Å²) in [5, 5.41) is 2.87. The van der Waals surface area contributed by atoms with E-state index in [9.17, 15) is 4.79 Å². The molecule has 0 aliphatic rings. The van der Waals surface area contributed by atoms with Crippen LogP contribution in [0.2, 0.25) is 0 Å². The van der Waals surface area contributed by atoms with Crippen LogP contribution in [-0.2, 0) is 16.0 Å². The molecule has 2 heterocycles. The van der Waals surface area contributed by atoms with Crippen LogP contribution in [0.15, 0.2) is 28.4 Å². The Morgan fingerprint density at radius 1 is 1.59 bits per heavy atom. The summed E-state index contributed by atoms with van der Waals surface area (Å²) >= 11 is 1.55. The first-order chi connectivity index (χ1) is 8.29. The minimum Gasteiger partial charge on any atom is -0.472 e. The number of esters is 1. The van der Waals surface area contributed by atoms with E-state index >= 15 is 0 Å². The van der Waals surface area contributed by atoms with E-state index in [0.29, 0.717) is 19.4 Å². The molecule has 0 aliphatic carbocycles. The van der Waals surface area contributed by atoms with Crippen molar-refractivity contribution in [3.8, 4) is 10.6 Å². The first kappa shape index (κ1) is 11.9. The van der Waals surface area contributed by atoms with Crippen LogP contribution in [0.25, 0.3) is 10.6 Å². The summed E-state index contributed by atoms with van der Waals surface area (Å²) in [6, 6.07) is 1.87. The van der Waals surface area contributed by atoms with E-state index in [2.05, 4.69) is 4.98 Å². The second-order valence-corrected chi connectivity index (χ2v) is 4.32. The van der Waals surface area contributed by atoms with Gasteiger partial charge in [-0.25, -0.2) is 4.98 Å². The Kier molecular flexibility index (Phi) is 3.93. The third-order valence-corrected chi connectivity index (χ3v) is 3.15. The molecule has 0 fully saturated rings. The average molecular weight is 251 g/mol. The molecular weight excluding hydrogens is 238 g/mol. The minimum absolute atomic E-state index is 0.176. The van der Waals surface area contributed by atoms with Gasteiger partial charge in [-0.1, -0.05) is 0 Å². The topological polar surface area (TPSA) is 52.3 Å². The molecule has 0 radical (unpaired) electrons. The zero-order chi connectivity index (χ0) is 12.1. The maximum absolute atomic E-state index is 11.2. The zero-order valence-corrected chi connectivity index (χ0v) is 10.3. The average Bonchev–Trinajstić information content (AvgIpc) is 2.97. The van der Waals surface area contributed by atoms with E-state index in [1.54, 1.807) is 30.8 Å². The number of thiazole rings is 1. The second kappa shape index (κ2) is 5.63. The van der Waals surface area contributed by atoms with Gasteiger partial charge in [0.05, 0.1) is 25.0 Å². The van der Waals surface area contributed by atoms with Gasteiger partial charge in [0.2, 0.25) is 0 Å². The number of hydrogen-bond donors (Lipinski definition) is 0. The summed E-state index contributed by atoms with van der Waals surface area (Å²) in [6.07, 6.45) is 4.28. The number of carbonyl (C=O) groups is 1. The van der Waals surface area contributed by atoms with Gasteiger partial charge in [0, 0.05) is 17.4 Å². The predicted octanol–water partition coefficient (Wildman–Crippen LogP) is 2.90. The van der Waals surface area contributed by atoms with Gasteiger partial charge in [0.1, 0.15) is 11.3 Å². The Labute approximate surface area is 103 Å². The lowest BCUT2D eigenvalue weighted by atomic mass is 10.2. The van der Waals surface area contributed by atoms with Gasteiger partial charge in [-0.3, -0.25) is 4.79 Å². The molecule has 0 spiro atoms. The fourth-order valence-electron chi connectivity index (χ4n) is 1.40. The van der Waals surface area contributed by atoms with E-state index in [0.717, 1.165) is 16.3 Å². The molecule has 0 saturated heterocycles. The Hall–Kier alpha value is -1.62. The Bertz CT molecular complexity index is 476. The molecule has 2 rings (SSSR count). The molecule has 0 amide bonds. The van der Waals surface area contributed by atoms with Crippen LogP contribution in [0.5, 0.6) is 0 Å². The molecule has 0 N–H and O–H groups in total. The highest BCUT2D eigenvalue weighted by Gasteiger charge is 2.08. The third kappa shape index (κ3) is 3.17. The summed E-state index contributed by atoms with van der Waals surface area (Å²) in [5.74, 6) is -0.176. The van der Waals surface area contributed by atoms with Crippen LogP contribution in [0.4, 0.5) is 0 Å². The standard InChI is InChI=1S/C12H13NO3S/c1-2-16-11(14)4-3-10-8-17-12(13-10)9-5-6-15-7-9/h5-8H,2-4H2,1H3. The molecule has 0 atom stereocenters. The molecule has 0 aliphatic heterocycles. The smallest absolute Gasteiger partial charge is 0.306 e. The van der Waals surface area contributed by atoms with Crippen LogP contribution in [0.3, 0.4) is 0 Å². The van der Waals surface area contributed by atoms with E-state index < -0.39 is 0 Å². The van der Waals surface area contributed by atoms with Gasteiger partial charge in [-0.15, -0.1) is 11.3 Å². The van der Waals surface area contributed by atoms with Crippen LogP contribution in [0, 0.1) is 0 Å². The number of aryl methyl sites for hydroxylation is 1. The fraction of sp³-hybridized carbons (Fsp3) is 0.333. The van der Waals surface area contributed by atoms with Gasteiger partial charge >= 0.3 is 5.97 Å². The summed E-state index contributed by atoms with van der Waals surface area (Å²) in [7, 11) is 0. The van der Waals surface area contributed by atoms with Crippen LogP contribution < -0.4 is 0 Å². The number of nitrogens with zero attached hydrogens (tertiary/aromatic N) is 1. The number of ether oxygens (including phenoxy) is 1. The van der Waals surface area contributed by atoms with Crippen LogP contribution in [-0.4, -0.2) is 17.6 Å². The van der Waals surface area contributed by atoms with E-state index in [1.807, 2.05) is 11.4 Å². The van der Waals surface area contributed by atoms with E-state index in [-0.39, 0.29) is 5.97 Å². The van der Waals surface area contributed by atoms with Crippen molar-refractivity contribution < 1.29 is 13.9 Å². The second-order valence-electron chi connectivity index (χ2n) is 3.46. The molecule has 0 bridgehead atoms. The number of carbonyl (C=O) groups excluding carboxylic acids is 1. The fourth-order valence-corrected chi connectivity index (χ4v) is 2.24. The van der Waals surface area contributed by atoms with Crippen molar-refractivity contribution in [2.75, 3.05) is 6.61 Å². The van der Waals surface area contributed by atoms with Gasteiger partial charge in [-0.05, 0) is 13.0 Å². The quantitative estimate of drug-likeness (QED) is 0.767. The highest BCUT2D eigenvalue weighted by molar-refractivity contribution is 7.13. The molecule has 2 aromatic heterocycles. The van der Waals surface area contributed by atoms with Crippen molar-refractivity contribution in [3.05, 3.63) is 29.7 Å². The Morgan fingerprint density at radius 3 is 3.18 bits per heavy atom. The monoisotopic (exact) mass is 251 g/mol. The summed E-state index contributed by atoms with van der Waals surface area (Å²) < 4.78 is 9.87. The normalized spacial score (nSPS) is 10.4. The summed E-state index contributed by atoms with van der Waals surface area (Å²) in [4.78, 5) is 15.6. The van der Waals surface area contributed by atoms with E-state index in [4.69, 9.17) is 9.15 Å². The molecule has 2 aromatic rings. The molecular formula is C12H13NO3S. The van der Waals surface area contributed by atoms with Gasteiger partial charge in [0.25, 0.3) is 0 Å². The van der Waals surface area contributed by atoms with Crippen LogP contribution >= 0.6 is 11.3 Å². The van der Waals surface area contributed by atoms with E-state index in [1.165, 1.54) is 0 Å². The molecule has 0 unspecified atom stereocenters. The summed E-state index contributed by atoms with van der Waals surface area (Å²) in [5.41, 5.74) is 1.89. The maximum atomic E-state index is 11.2. The zero-order valence-electron chi connectivity index (χ0n) is 9.51. The minimum atomic E-state index is -0.176. The van der Waals surface area contributed by atoms with Crippen molar-refractivity contribution in [1.82, 2.24) is 4.98 Å². The van der Waals surface area contributed by atoms with Crippen LogP contribution in [0.1, 0.15) is 19.0 Å². The maximum Gasteiger partial charge on any atom is 0.306 e. The lowest BCUT2D eigenvalue weighted by Crippen LogP contribution is -2.05. The molecule has 5 heteroatoms. The lowest BCUT2D eigenvalue weighted by molar-refractivity contribution is -0.143. The third-order valence-electron chi connectivity index (χ3n) is 2.21. The largest absolute Gasteiger partial charge is 0.472 e. The van der Waals surface area contributed by atoms with Crippen molar-refractivity contribution in [2.45, 2.75) is 19.8 Å². The summed E-state index contributed by atoms with van der Waals surface area (Å²) in [6.45, 7) is 2.23. The van der Waals surface area contributed by atoms with Crippen molar-refractivity contribution in [1.29, 1.82) is 0 Å². The van der Waals surface area contributed by atoms with Gasteiger partial charge in [-0.2, -0.15) is 0 Å². The molecule has 0 aromatic carbocycles. The molecule has 17 heavy (non-hydrogen) atoms. The first-order valence-corrected chi connectivity index (χ1v) is 6.30. The Morgan fingerprint density at radius 2 is 2.47 bits per heavy atom. The number of furan rings is 1. The van der Waals surface area contributed by atoms with Crippen molar-refractivity contribution >= 4 is 17.3 Å². The molecule has 90 valence electrons.